The van der Waals surface area contributed by atoms with Crippen molar-refractivity contribution in [2.24, 2.45) is 0 Å². The highest BCUT2D eigenvalue weighted by atomic mass is 35.5. The zero-order valence-corrected chi connectivity index (χ0v) is 27.3. The third-order valence-corrected chi connectivity index (χ3v) is 7.85. The Labute approximate surface area is 253 Å². The first-order valence-electron chi connectivity index (χ1n) is 16.5. The van der Waals surface area contributed by atoms with Crippen molar-refractivity contribution in [3.05, 3.63) is 0 Å². The number of ether oxygens (including phenoxy) is 2. The molecule has 7 nitrogen and oxygen atoms in total. The molecular weight excluding hydrogens is 526 g/mol. The summed E-state index contributed by atoms with van der Waals surface area (Å²) in [6, 6.07) is 0. The Balaban J connectivity index is 0.0000152. The van der Waals surface area contributed by atoms with Crippen LogP contribution in [0.25, 0.3) is 0 Å². The smallest absolute Gasteiger partial charge is 0.305 e. The summed E-state index contributed by atoms with van der Waals surface area (Å²) in [5.41, 5.74) is 0. The Hall–Kier alpha value is -0.890. The summed E-state index contributed by atoms with van der Waals surface area (Å²) in [7, 11) is 2.18. The molecule has 1 fully saturated rings. The number of carbonyl (C=O) groups is 2. The number of hydrogen-bond acceptors (Lipinski definition) is 7. The Morgan fingerprint density at radius 3 is 1.48 bits per heavy atom. The number of nitrogens with zero attached hydrogens (tertiary/aromatic N) is 3. The van der Waals surface area contributed by atoms with Crippen LogP contribution in [0.15, 0.2) is 0 Å². The molecule has 40 heavy (non-hydrogen) atoms. The molecule has 0 amide bonds. The number of carbonyl (C=O) groups excluding carboxylic acids is 2. The molecule has 0 radical (unpaired) electrons. The van der Waals surface area contributed by atoms with E-state index < -0.39 is 0 Å². The van der Waals surface area contributed by atoms with Crippen LogP contribution in [0.4, 0.5) is 0 Å². The summed E-state index contributed by atoms with van der Waals surface area (Å²) in [4.78, 5) is 31.6. The predicted molar refractivity (Wildman–Crippen MR) is 169 cm³/mol. The van der Waals surface area contributed by atoms with Gasteiger partial charge in [-0.3, -0.25) is 14.5 Å². The molecular formula is C32H64ClN3O4. The van der Waals surface area contributed by atoms with Crippen LogP contribution in [-0.2, 0) is 19.1 Å². The van der Waals surface area contributed by atoms with Gasteiger partial charge < -0.3 is 19.3 Å². The van der Waals surface area contributed by atoms with Gasteiger partial charge in [0.1, 0.15) is 13.2 Å². The molecule has 1 rings (SSSR count). The SMILES string of the molecule is CCCCCCCCCC(=O)OCCN(CCCN1CCN(C)CC1)CCOC(=O)CCCCCCCCC.Cl. The molecule has 1 heterocycles. The van der Waals surface area contributed by atoms with Crippen LogP contribution in [0, 0.1) is 0 Å². The summed E-state index contributed by atoms with van der Waals surface area (Å²) in [5.74, 6) is -0.163. The second-order valence-corrected chi connectivity index (χ2v) is 11.5. The topological polar surface area (TPSA) is 62.3 Å². The van der Waals surface area contributed by atoms with Gasteiger partial charge >= 0.3 is 11.9 Å². The van der Waals surface area contributed by atoms with Crippen LogP contribution < -0.4 is 0 Å². The van der Waals surface area contributed by atoms with E-state index >= 15 is 0 Å². The number of unbranched alkanes of at least 4 members (excludes halogenated alkanes) is 12. The van der Waals surface area contributed by atoms with Gasteiger partial charge in [-0.05, 0) is 39.4 Å². The summed E-state index contributed by atoms with van der Waals surface area (Å²) in [6.45, 7) is 13.2. The lowest BCUT2D eigenvalue weighted by molar-refractivity contribution is -0.144. The van der Waals surface area contributed by atoms with E-state index in [0.29, 0.717) is 39.1 Å². The number of rotatable bonds is 26. The van der Waals surface area contributed by atoms with Gasteiger partial charge in [-0.1, -0.05) is 90.9 Å². The van der Waals surface area contributed by atoms with E-state index in [1.807, 2.05) is 0 Å². The first-order chi connectivity index (χ1) is 19.0. The predicted octanol–water partition coefficient (Wildman–Crippen LogP) is 6.72. The molecule has 0 N–H and O–H groups in total. The number of halogens is 1. The van der Waals surface area contributed by atoms with Gasteiger partial charge in [0.15, 0.2) is 0 Å². The molecule has 0 aromatic rings. The molecule has 0 aromatic carbocycles. The van der Waals surface area contributed by atoms with Crippen molar-refractivity contribution in [1.82, 2.24) is 14.7 Å². The Morgan fingerprint density at radius 2 is 1.02 bits per heavy atom. The molecule has 1 aliphatic heterocycles. The van der Waals surface area contributed by atoms with E-state index in [2.05, 4.69) is 35.6 Å². The molecule has 0 aromatic heterocycles. The number of piperazine rings is 1. The van der Waals surface area contributed by atoms with E-state index in [-0.39, 0.29) is 24.3 Å². The average molecular weight is 590 g/mol. The fraction of sp³-hybridized carbons (Fsp3) is 0.938. The van der Waals surface area contributed by atoms with Crippen molar-refractivity contribution < 1.29 is 19.1 Å². The van der Waals surface area contributed by atoms with Crippen LogP contribution in [0.5, 0.6) is 0 Å². The molecule has 0 unspecified atom stereocenters. The van der Waals surface area contributed by atoms with Crippen molar-refractivity contribution in [2.75, 3.05) is 72.6 Å². The first kappa shape index (κ1) is 39.1. The van der Waals surface area contributed by atoms with Crippen LogP contribution >= 0.6 is 12.4 Å². The number of esters is 2. The van der Waals surface area contributed by atoms with Gasteiger partial charge in [-0.15, -0.1) is 12.4 Å². The highest BCUT2D eigenvalue weighted by Gasteiger charge is 2.14. The van der Waals surface area contributed by atoms with Gasteiger partial charge in [0.2, 0.25) is 0 Å². The van der Waals surface area contributed by atoms with E-state index in [1.54, 1.807) is 0 Å². The maximum atomic E-state index is 12.2. The molecule has 0 aliphatic carbocycles. The van der Waals surface area contributed by atoms with Crippen LogP contribution in [0.3, 0.4) is 0 Å². The summed E-state index contributed by atoms with van der Waals surface area (Å²) in [6.07, 6.45) is 18.9. The van der Waals surface area contributed by atoms with Crippen LogP contribution in [-0.4, -0.2) is 99.3 Å². The average Bonchev–Trinajstić information content (AvgIpc) is 2.93. The second kappa shape index (κ2) is 28.2. The van der Waals surface area contributed by atoms with E-state index in [1.165, 1.54) is 64.2 Å². The highest BCUT2D eigenvalue weighted by Crippen LogP contribution is 2.10. The van der Waals surface area contributed by atoms with Gasteiger partial charge in [0, 0.05) is 52.1 Å². The third kappa shape index (κ3) is 23.8. The molecule has 0 bridgehead atoms. The molecule has 0 atom stereocenters. The monoisotopic (exact) mass is 589 g/mol. The Morgan fingerprint density at radius 1 is 0.600 bits per heavy atom. The second-order valence-electron chi connectivity index (χ2n) is 11.5. The normalized spacial score (nSPS) is 14.3. The van der Waals surface area contributed by atoms with Gasteiger partial charge in [-0.2, -0.15) is 0 Å². The van der Waals surface area contributed by atoms with Gasteiger partial charge in [-0.25, -0.2) is 0 Å². The summed E-state index contributed by atoms with van der Waals surface area (Å²) < 4.78 is 11.1. The van der Waals surface area contributed by atoms with E-state index in [9.17, 15) is 9.59 Å². The lowest BCUT2D eigenvalue weighted by Gasteiger charge is -2.33. The molecule has 0 saturated carbocycles. The van der Waals surface area contributed by atoms with Crippen molar-refractivity contribution in [3.8, 4) is 0 Å². The molecule has 238 valence electrons. The standard InChI is InChI=1S/C32H63N3O4.ClH/c1-4-6-8-10-12-14-16-19-31(36)38-29-27-35(22-18-21-34-25-23-33(3)24-26-34)28-30-39-32(37)20-17-15-13-11-9-7-5-2;/h4-30H2,1-3H3;1H. The molecule has 8 heteroatoms. The first-order valence-corrected chi connectivity index (χ1v) is 16.5. The largest absolute Gasteiger partial charge is 0.464 e. The number of hydrogen-bond donors (Lipinski definition) is 0. The maximum absolute atomic E-state index is 12.2. The zero-order valence-electron chi connectivity index (χ0n) is 26.5. The molecule has 1 saturated heterocycles. The quantitative estimate of drug-likeness (QED) is 0.0820. The van der Waals surface area contributed by atoms with E-state index in [4.69, 9.17) is 9.47 Å². The van der Waals surface area contributed by atoms with Crippen LogP contribution in [0.2, 0.25) is 0 Å². The fourth-order valence-electron chi connectivity index (χ4n) is 5.10. The van der Waals surface area contributed by atoms with Gasteiger partial charge in [0.25, 0.3) is 0 Å². The van der Waals surface area contributed by atoms with Crippen molar-refractivity contribution in [2.45, 2.75) is 123 Å². The minimum atomic E-state index is -0.0814. The minimum absolute atomic E-state index is 0. The van der Waals surface area contributed by atoms with Crippen LogP contribution in [0.1, 0.15) is 123 Å². The van der Waals surface area contributed by atoms with Crippen molar-refractivity contribution in [1.29, 1.82) is 0 Å². The van der Waals surface area contributed by atoms with Crippen molar-refractivity contribution >= 4 is 24.3 Å². The fourth-order valence-corrected chi connectivity index (χ4v) is 5.10. The summed E-state index contributed by atoms with van der Waals surface area (Å²) >= 11 is 0. The maximum Gasteiger partial charge on any atom is 0.305 e. The Bertz CT molecular complexity index is 553. The minimum Gasteiger partial charge on any atom is -0.464 e. The highest BCUT2D eigenvalue weighted by molar-refractivity contribution is 5.85. The third-order valence-electron chi connectivity index (χ3n) is 7.85. The molecule has 1 aliphatic rings. The zero-order chi connectivity index (χ0) is 28.4. The van der Waals surface area contributed by atoms with E-state index in [0.717, 1.165) is 71.4 Å². The molecule has 0 spiro atoms. The van der Waals surface area contributed by atoms with Gasteiger partial charge in [0.05, 0.1) is 0 Å². The lowest BCUT2D eigenvalue weighted by Crippen LogP contribution is -2.45. The summed E-state index contributed by atoms with van der Waals surface area (Å²) in [5, 5.41) is 0. The number of likely N-dealkylation sites (N-methyl/N-ethyl adjacent to an activating group) is 1. The lowest BCUT2D eigenvalue weighted by atomic mass is 10.1. The Kier molecular flexibility index (Phi) is 27.6. The van der Waals surface area contributed by atoms with Crippen molar-refractivity contribution in [3.63, 3.8) is 0 Å².